The lowest BCUT2D eigenvalue weighted by Crippen LogP contribution is -3.00. The van der Waals surface area contributed by atoms with Gasteiger partial charge in [0.15, 0.2) is 12.6 Å². The summed E-state index contributed by atoms with van der Waals surface area (Å²) in [6.07, 6.45) is 1.48. The maximum Gasteiger partial charge on any atom is 0.220 e. The van der Waals surface area contributed by atoms with Gasteiger partial charge in [-0.15, -0.1) is 0 Å². The molecule has 0 aromatic carbocycles. The summed E-state index contributed by atoms with van der Waals surface area (Å²) in [6, 6.07) is -2.97. The highest BCUT2D eigenvalue weighted by Gasteiger charge is 2.51. The van der Waals surface area contributed by atoms with Crippen LogP contribution in [0.5, 0.6) is 0 Å². The first-order valence-electron chi connectivity index (χ1n) is 19.8. The van der Waals surface area contributed by atoms with Gasteiger partial charge < -0.3 is 114 Å². The van der Waals surface area contributed by atoms with Gasteiger partial charge in [-0.2, -0.15) is 0 Å². The van der Waals surface area contributed by atoms with E-state index >= 15 is 0 Å². The number of hydrogen-bond donors (Lipinski definition) is 11. The molecule has 3 fully saturated rings. The first kappa shape index (κ1) is 54.8. The monoisotopic (exact) mass is 855 g/mol. The molecule has 0 radical (unpaired) electrons. The van der Waals surface area contributed by atoms with Crippen LogP contribution in [-0.4, -0.2) is 147 Å². The molecular weight excluding hydrogens is 787 g/mol. The highest BCUT2D eigenvalue weighted by Crippen LogP contribution is 2.31. The van der Waals surface area contributed by atoms with Gasteiger partial charge in [0.25, 0.3) is 0 Å². The Labute approximate surface area is 345 Å². The minimum Gasteiger partial charge on any atom is -1.00 e. The van der Waals surface area contributed by atoms with Gasteiger partial charge in [-0.1, -0.05) is 96.8 Å². The van der Waals surface area contributed by atoms with Gasteiger partial charge in [0, 0.05) is 25.0 Å². The van der Waals surface area contributed by atoms with Crippen molar-refractivity contribution in [3.63, 3.8) is 0 Å². The standard InChI is InChI=1S/C36H70N4O12.3ClH/c1-2-3-4-5-6-7-8-9-10-11-12-13-14-15-16-17-25(42)40-19-23-28(44)30(46)31(47)36(49-23)52-34-22(38)18-21(37)33(32(34)48)51-35-29(45)26(39)27(43)24(20-41)50-35;;;/h21-24,26-36,41,43-48H,2-20,37-39H2,1H3,(H,40,42);3*1H/p-3/t21?,22?,23?,24-,26-,27?,28-,29-,30+,31?,32-,33-,34?,35?,36-;;;/m1.../s1. The molecule has 3 aliphatic rings. The third kappa shape index (κ3) is 17.1. The molecular formula is C36H70Cl3N4O12-3. The number of aliphatic hydroxyl groups is 7. The normalized spacial score (nSPS) is 36.2. The zero-order chi connectivity index (χ0) is 38.2. The van der Waals surface area contributed by atoms with Crippen LogP contribution in [0.1, 0.15) is 116 Å². The Morgan fingerprint density at radius 3 is 1.51 bits per heavy atom. The number of carbonyl (C=O) groups excluding carboxylic acids is 1. The van der Waals surface area contributed by atoms with E-state index in [2.05, 4.69) is 12.2 Å². The predicted octanol–water partition coefficient (Wildman–Crippen LogP) is -9.86. The second-order valence-electron chi connectivity index (χ2n) is 15.1. The van der Waals surface area contributed by atoms with Gasteiger partial charge in [0.05, 0.1) is 12.6 Å². The van der Waals surface area contributed by atoms with Gasteiger partial charge in [-0.3, -0.25) is 4.79 Å². The second-order valence-corrected chi connectivity index (χ2v) is 15.1. The minimum atomic E-state index is -1.73. The summed E-state index contributed by atoms with van der Waals surface area (Å²) in [7, 11) is 0. The second kappa shape index (κ2) is 29.1. The number of halogens is 3. The number of ether oxygens (including phenoxy) is 4. The van der Waals surface area contributed by atoms with E-state index in [1.807, 2.05) is 0 Å². The fourth-order valence-corrected chi connectivity index (χ4v) is 7.33. The average molecular weight is 857 g/mol. The van der Waals surface area contributed by atoms with E-state index in [0.717, 1.165) is 25.7 Å². The van der Waals surface area contributed by atoms with Crippen molar-refractivity contribution in [3.8, 4) is 0 Å². The lowest BCUT2D eigenvalue weighted by atomic mass is 9.84. The van der Waals surface area contributed by atoms with Crippen molar-refractivity contribution < 1.29 is 96.7 Å². The summed E-state index contributed by atoms with van der Waals surface area (Å²) in [6.45, 7) is 1.48. The van der Waals surface area contributed by atoms with E-state index < -0.39 is 98.4 Å². The van der Waals surface area contributed by atoms with Crippen molar-refractivity contribution in [2.75, 3.05) is 13.2 Å². The van der Waals surface area contributed by atoms with Crippen molar-refractivity contribution in [3.05, 3.63) is 0 Å². The summed E-state index contributed by atoms with van der Waals surface area (Å²) in [4.78, 5) is 12.6. The fraction of sp³-hybridized carbons (Fsp3) is 0.972. The van der Waals surface area contributed by atoms with Crippen LogP contribution in [0.25, 0.3) is 0 Å². The maximum absolute atomic E-state index is 12.6. The first-order chi connectivity index (χ1) is 24.9. The van der Waals surface area contributed by atoms with Gasteiger partial charge >= 0.3 is 0 Å². The van der Waals surface area contributed by atoms with E-state index in [1.54, 1.807) is 0 Å². The molecule has 0 aromatic rings. The predicted molar refractivity (Wildman–Crippen MR) is 191 cm³/mol. The van der Waals surface area contributed by atoms with E-state index in [4.69, 9.17) is 36.1 Å². The highest BCUT2D eigenvalue weighted by atomic mass is 35.5. The van der Waals surface area contributed by atoms with E-state index in [0.29, 0.717) is 6.42 Å². The third-order valence-electron chi connectivity index (χ3n) is 10.8. The summed E-state index contributed by atoms with van der Waals surface area (Å²) in [5, 5.41) is 76.1. The molecule has 2 saturated heterocycles. The lowest BCUT2D eigenvalue weighted by Gasteiger charge is -2.48. The lowest BCUT2D eigenvalue weighted by molar-refractivity contribution is -0.332. The number of amides is 1. The Kier molecular flexibility index (Phi) is 29.0. The molecule has 3 rings (SSSR count). The van der Waals surface area contributed by atoms with Gasteiger partial charge in [0.1, 0.15) is 61.0 Å². The molecule has 0 bridgehead atoms. The van der Waals surface area contributed by atoms with Crippen LogP contribution in [0.15, 0.2) is 0 Å². The molecule has 7 unspecified atom stereocenters. The third-order valence-corrected chi connectivity index (χ3v) is 10.8. The molecule has 55 heavy (non-hydrogen) atoms. The van der Waals surface area contributed by atoms with Crippen LogP contribution < -0.4 is 59.7 Å². The van der Waals surface area contributed by atoms with Crippen LogP contribution in [0, 0.1) is 0 Å². The maximum atomic E-state index is 12.6. The fourth-order valence-electron chi connectivity index (χ4n) is 7.33. The molecule has 19 heteroatoms. The minimum absolute atomic E-state index is 0. The van der Waals surface area contributed by atoms with Gasteiger partial charge in [-0.05, 0) is 12.8 Å². The number of hydrogen-bond acceptors (Lipinski definition) is 15. The summed E-state index contributed by atoms with van der Waals surface area (Å²) < 4.78 is 22.9. The molecule has 1 aliphatic carbocycles. The van der Waals surface area contributed by atoms with Crippen molar-refractivity contribution >= 4 is 5.91 Å². The van der Waals surface area contributed by atoms with Crippen LogP contribution in [0.2, 0.25) is 0 Å². The van der Waals surface area contributed by atoms with Crippen molar-refractivity contribution in [1.82, 2.24) is 5.32 Å². The van der Waals surface area contributed by atoms with E-state index in [-0.39, 0.29) is 56.1 Å². The number of nitrogens with one attached hydrogen (secondary N) is 1. The molecule has 15 atom stereocenters. The van der Waals surface area contributed by atoms with Crippen LogP contribution in [-0.2, 0) is 23.7 Å². The summed E-state index contributed by atoms with van der Waals surface area (Å²) in [5.41, 5.74) is 18.4. The SMILES string of the molecule is CCCCCCCCCCCCCCCCCC(=O)NCC1O[C@H](OC2C(N)CC(N)[C@@H](OC3O[C@H](CO)C(O)[C@@H](N)[C@H]3O)[C@H]2O)C(O)[C@@H](O)[C@@H]1O.[Cl-].[Cl-].[Cl-]. The Balaban J connectivity index is 0.00000972. The average Bonchev–Trinajstić information content (AvgIpc) is 3.12. The molecule has 2 aliphatic heterocycles. The number of rotatable bonds is 23. The Morgan fingerprint density at radius 1 is 0.600 bits per heavy atom. The Bertz CT molecular complexity index is 1000. The number of unbranched alkanes of at least 4 members (excludes halogenated alkanes) is 14. The smallest absolute Gasteiger partial charge is 0.220 e. The van der Waals surface area contributed by atoms with Crippen molar-refractivity contribution in [2.45, 2.75) is 208 Å². The molecule has 14 N–H and O–H groups in total. The van der Waals surface area contributed by atoms with E-state index in [9.17, 15) is 40.5 Å². The van der Waals surface area contributed by atoms with Gasteiger partial charge in [-0.25, -0.2) is 0 Å². The number of aliphatic hydroxyl groups excluding tert-OH is 7. The zero-order valence-electron chi connectivity index (χ0n) is 32.1. The zero-order valence-corrected chi connectivity index (χ0v) is 34.4. The van der Waals surface area contributed by atoms with Crippen LogP contribution in [0.4, 0.5) is 0 Å². The summed E-state index contributed by atoms with van der Waals surface area (Å²) in [5.74, 6) is -0.231. The van der Waals surface area contributed by atoms with Crippen molar-refractivity contribution in [1.29, 1.82) is 0 Å². The number of nitrogens with two attached hydrogens (primary N) is 3. The number of carbonyl (C=O) groups is 1. The molecule has 0 aromatic heterocycles. The molecule has 16 nitrogen and oxygen atoms in total. The van der Waals surface area contributed by atoms with Crippen LogP contribution >= 0.6 is 0 Å². The van der Waals surface area contributed by atoms with Crippen molar-refractivity contribution in [2.24, 2.45) is 17.2 Å². The first-order valence-corrected chi connectivity index (χ1v) is 19.8. The quantitative estimate of drug-likeness (QED) is 0.0426. The van der Waals surface area contributed by atoms with Crippen LogP contribution in [0.3, 0.4) is 0 Å². The summed E-state index contributed by atoms with van der Waals surface area (Å²) >= 11 is 0. The largest absolute Gasteiger partial charge is 1.00 e. The Hall–Kier alpha value is -0.220. The van der Waals surface area contributed by atoms with Gasteiger partial charge in [0.2, 0.25) is 5.91 Å². The molecule has 1 amide bonds. The highest BCUT2D eigenvalue weighted by molar-refractivity contribution is 5.75. The molecule has 330 valence electrons. The Morgan fingerprint density at radius 2 is 1.04 bits per heavy atom. The van der Waals surface area contributed by atoms with E-state index in [1.165, 1.54) is 70.6 Å². The molecule has 2 heterocycles. The molecule has 1 saturated carbocycles. The molecule has 0 spiro atoms. The topological polar surface area (TPSA) is 286 Å².